The summed E-state index contributed by atoms with van der Waals surface area (Å²) in [4.78, 5) is 2.24. The molecule has 3 rings (SSSR count). The molecule has 0 aliphatic rings. The molecule has 30 heavy (non-hydrogen) atoms. The minimum Gasteiger partial charge on any atom is -0.309 e. The van der Waals surface area contributed by atoms with Crippen molar-refractivity contribution in [3.8, 4) is 0 Å². The summed E-state index contributed by atoms with van der Waals surface area (Å²) < 4.78 is 0.904. The van der Waals surface area contributed by atoms with E-state index in [9.17, 15) is 0 Å². The van der Waals surface area contributed by atoms with E-state index in [-0.39, 0.29) is 10.8 Å². The predicted molar refractivity (Wildman–Crippen MR) is 136 cm³/mol. The van der Waals surface area contributed by atoms with Gasteiger partial charge in [-0.25, -0.2) is 0 Å². The maximum Gasteiger partial charge on any atom is 0.0788 e. The van der Waals surface area contributed by atoms with E-state index >= 15 is 0 Å². The zero-order chi connectivity index (χ0) is 22.3. The summed E-state index contributed by atoms with van der Waals surface area (Å²) in [6.45, 7) is 15.5. The average molecular weight is 485 g/mol. The van der Waals surface area contributed by atoms with Crippen LogP contribution in [-0.4, -0.2) is 0 Å². The van der Waals surface area contributed by atoms with Gasteiger partial charge in [0.1, 0.15) is 0 Å². The molecule has 3 aromatic rings. The van der Waals surface area contributed by atoms with E-state index in [0.717, 1.165) is 27.1 Å². The van der Waals surface area contributed by atoms with Gasteiger partial charge in [0.05, 0.1) is 10.7 Å². The zero-order valence-corrected chi connectivity index (χ0v) is 21.3. The third-order valence-corrected chi connectivity index (χ3v) is 6.63. The van der Waals surface area contributed by atoms with E-state index in [1.807, 2.05) is 0 Å². The highest BCUT2D eigenvalue weighted by Gasteiger charge is 2.20. The van der Waals surface area contributed by atoms with Crippen LogP contribution < -0.4 is 4.90 Å². The van der Waals surface area contributed by atoms with Gasteiger partial charge in [-0.15, -0.1) is 0 Å². The zero-order valence-electron chi connectivity index (χ0n) is 19.0. The highest BCUT2D eigenvalue weighted by molar-refractivity contribution is 9.10. The molecule has 0 radical (unpaired) electrons. The van der Waals surface area contributed by atoms with Crippen LogP contribution in [0.4, 0.5) is 17.1 Å². The molecule has 158 valence electrons. The molecule has 3 aromatic carbocycles. The van der Waals surface area contributed by atoms with Crippen LogP contribution in [0.5, 0.6) is 0 Å². The first kappa shape index (κ1) is 22.9. The SMILES string of the molecule is Cc1cc(Br)c(Cl)c(N(c2ccc(C(C)(C)C)cc2)c2ccc(C(C)(C)C)cc2)c1. The molecule has 0 saturated carbocycles. The third kappa shape index (κ3) is 4.92. The molecule has 0 heterocycles. The van der Waals surface area contributed by atoms with Gasteiger partial charge in [0, 0.05) is 15.8 Å². The van der Waals surface area contributed by atoms with Crippen molar-refractivity contribution < 1.29 is 0 Å². The summed E-state index contributed by atoms with van der Waals surface area (Å²) in [6.07, 6.45) is 0. The van der Waals surface area contributed by atoms with Crippen LogP contribution >= 0.6 is 27.5 Å². The Bertz CT molecular complexity index is 965. The standard InChI is InChI=1S/C27H31BrClN/c1-18-16-23(28)25(29)24(17-18)30(21-12-8-19(9-13-21)26(2,3)4)22-14-10-20(11-15-22)27(5,6)7/h8-17H,1-7H3. The Morgan fingerprint density at radius 1 is 0.700 bits per heavy atom. The number of rotatable bonds is 3. The van der Waals surface area contributed by atoms with Crippen molar-refractivity contribution in [3.05, 3.63) is 86.8 Å². The molecule has 0 bridgehead atoms. The monoisotopic (exact) mass is 483 g/mol. The lowest BCUT2D eigenvalue weighted by Gasteiger charge is -2.29. The van der Waals surface area contributed by atoms with Crippen LogP contribution in [0.15, 0.2) is 65.1 Å². The molecule has 0 fully saturated rings. The molecular weight excluding hydrogens is 454 g/mol. The largest absolute Gasteiger partial charge is 0.309 e. The van der Waals surface area contributed by atoms with E-state index in [0.29, 0.717) is 5.02 Å². The van der Waals surface area contributed by atoms with Gasteiger partial charge in [0.2, 0.25) is 0 Å². The van der Waals surface area contributed by atoms with E-state index in [1.165, 1.54) is 11.1 Å². The topological polar surface area (TPSA) is 3.24 Å². The molecular formula is C27H31BrClN. The Kier molecular flexibility index (Phi) is 6.41. The van der Waals surface area contributed by atoms with E-state index in [4.69, 9.17) is 11.6 Å². The van der Waals surface area contributed by atoms with E-state index < -0.39 is 0 Å². The van der Waals surface area contributed by atoms with Crippen molar-refractivity contribution in [2.24, 2.45) is 0 Å². The highest BCUT2D eigenvalue weighted by Crippen LogP contribution is 2.43. The molecule has 0 saturated heterocycles. The van der Waals surface area contributed by atoms with Crippen LogP contribution in [0.25, 0.3) is 0 Å². The minimum absolute atomic E-state index is 0.113. The number of hydrogen-bond donors (Lipinski definition) is 0. The fourth-order valence-electron chi connectivity index (χ4n) is 3.52. The molecule has 3 heteroatoms. The van der Waals surface area contributed by atoms with Gasteiger partial charge in [-0.05, 0) is 86.8 Å². The summed E-state index contributed by atoms with van der Waals surface area (Å²) in [5.41, 5.74) is 7.15. The Morgan fingerprint density at radius 3 is 1.47 bits per heavy atom. The van der Waals surface area contributed by atoms with Crippen molar-refractivity contribution in [2.75, 3.05) is 4.90 Å². The van der Waals surface area contributed by atoms with Crippen LogP contribution in [0, 0.1) is 6.92 Å². The number of aryl methyl sites for hydroxylation is 1. The van der Waals surface area contributed by atoms with Gasteiger partial charge in [-0.1, -0.05) is 77.4 Å². The summed E-state index contributed by atoms with van der Waals surface area (Å²) >= 11 is 10.4. The van der Waals surface area contributed by atoms with Gasteiger partial charge < -0.3 is 4.90 Å². The van der Waals surface area contributed by atoms with E-state index in [1.54, 1.807) is 0 Å². The van der Waals surface area contributed by atoms with Gasteiger partial charge >= 0.3 is 0 Å². The maximum absolute atomic E-state index is 6.78. The lowest BCUT2D eigenvalue weighted by molar-refractivity contribution is 0.590. The molecule has 0 atom stereocenters. The minimum atomic E-state index is 0.113. The van der Waals surface area contributed by atoms with Crippen molar-refractivity contribution >= 4 is 44.6 Å². The van der Waals surface area contributed by atoms with Crippen molar-refractivity contribution in [3.63, 3.8) is 0 Å². The van der Waals surface area contributed by atoms with Crippen LogP contribution in [-0.2, 0) is 10.8 Å². The van der Waals surface area contributed by atoms with Crippen LogP contribution in [0.3, 0.4) is 0 Å². The summed E-state index contributed by atoms with van der Waals surface area (Å²) in [6, 6.07) is 21.8. The van der Waals surface area contributed by atoms with Crippen LogP contribution in [0.2, 0.25) is 5.02 Å². The highest BCUT2D eigenvalue weighted by atomic mass is 79.9. The fourth-order valence-corrected chi connectivity index (χ4v) is 4.28. The summed E-state index contributed by atoms with van der Waals surface area (Å²) in [7, 11) is 0. The molecule has 0 unspecified atom stereocenters. The first-order valence-corrected chi connectivity index (χ1v) is 11.5. The number of benzene rings is 3. The summed E-state index contributed by atoms with van der Waals surface area (Å²) in [5.74, 6) is 0. The Balaban J connectivity index is 2.17. The quantitative estimate of drug-likeness (QED) is 0.358. The van der Waals surface area contributed by atoms with Crippen molar-refractivity contribution in [2.45, 2.75) is 59.3 Å². The second-order valence-corrected chi connectivity index (χ2v) is 11.2. The Morgan fingerprint density at radius 2 is 1.10 bits per heavy atom. The smallest absolute Gasteiger partial charge is 0.0788 e. The first-order valence-electron chi connectivity index (χ1n) is 10.3. The molecule has 0 aliphatic carbocycles. The van der Waals surface area contributed by atoms with Crippen molar-refractivity contribution in [1.29, 1.82) is 0 Å². The Hall–Kier alpha value is -1.77. The second-order valence-electron chi connectivity index (χ2n) is 10.0. The normalized spacial score (nSPS) is 12.2. The fraction of sp³-hybridized carbons (Fsp3) is 0.333. The number of nitrogens with zero attached hydrogens (tertiary/aromatic N) is 1. The summed E-state index contributed by atoms with van der Waals surface area (Å²) in [5, 5.41) is 0.709. The molecule has 0 aliphatic heterocycles. The number of halogens is 2. The lowest BCUT2D eigenvalue weighted by Crippen LogP contribution is -2.14. The van der Waals surface area contributed by atoms with E-state index in [2.05, 4.69) is 130 Å². The van der Waals surface area contributed by atoms with Gasteiger partial charge in [0.25, 0.3) is 0 Å². The van der Waals surface area contributed by atoms with Crippen LogP contribution in [0.1, 0.15) is 58.2 Å². The average Bonchev–Trinajstić information content (AvgIpc) is 2.65. The van der Waals surface area contributed by atoms with Gasteiger partial charge in [-0.3, -0.25) is 0 Å². The first-order chi connectivity index (χ1) is 13.9. The van der Waals surface area contributed by atoms with Gasteiger partial charge in [-0.2, -0.15) is 0 Å². The van der Waals surface area contributed by atoms with Crippen molar-refractivity contribution in [1.82, 2.24) is 0 Å². The van der Waals surface area contributed by atoms with Gasteiger partial charge in [0.15, 0.2) is 0 Å². The Labute approximate surface area is 195 Å². The maximum atomic E-state index is 6.78. The lowest BCUT2D eigenvalue weighted by atomic mass is 9.86. The second kappa shape index (κ2) is 8.40. The number of hydrogen-bond acceptors (Lipinski definition) is 1. The third-order valence-electron chi connectivity index (χ3n) is 5.38. The molecule has 0 N–H and O–H groups in total. The molecule has 0 aromatic heterocycles. The predicted octanol–water partition coefficient (Wildman–Crippen LogP) is 9.48. The number of anilines is 3. The molecule has 1 nitrogen and oxygen atoms in total. The molecule has 0 spiro atoms. The molecule has 0 amide bonds.